The van der Waals surface area contributed by atoms with Crippen LogP contribution in [0.3, 0.4) is 0 Å². The molecular formula is C12H19N3O2. The van der Waals surface area contributed by atoms with Crippen LogP contribution in [0, 0.1) is 0 Å². The van der Waals surface area contributed by atoms with E-state index in [1.807, 2.05) is 0 Å². The number of Topliss-reactive ketones (excluding diaryl/α,β-unsaturated/α-hetero) is 1. The third kappa shape index (κ3) is 3.12. The Balaban J connectivity index is 1.94. The minimum absolute atomic E-state index is 0.0565. The Labute approximate surface area is 101 Å². The van der Waals surface area contributed by atoms with E-state index in [-0.39, 0.29) is 12.2 Å². The first-order valence-corrected chi connectivity index (χ1v) is 6.23. The number of piperidine rings is 1. The summed E-state index contributed by atoms with van der Waals surface area (Å²) in [6.45, 7) is 7.01. The fraction of sp³-hybridized carbons (Fsp3) is 0.750. The molecule has 0 spiro atoms. The molecule has 0 saturated carbocycles. The van der Waals surface area contributed by atoms with E-state index in [2.05, 4.69) is 22.0 Å². The molecule has 0 aromatic carbocycles. The van der Waals surface area contributed by atoms with E-state index in [9.17, 15) is 4.79 Å². The van der Waals surface area contributed by atoms with E-state index in [0.717, 1.165) is 38.3 Å². The quantitative estimate of drug-likeness (QED) is 0.792. The number of hydrogen-bond acceptors (Lipinski definition) is 5. The molecule has 0 N–H and O–H groups in total. The zero-order chi connectivity index (χ0) is 12.3. The summed E-state index contributed by atoms with van der Waals surface area (Å²) in [6, 6.07) is 0. The van der Waals surface area contributed by atoms with Crippen molar-refractivity contribution in [3.8, 4) is 0 Å². The summed E-state index contributed by atoms with van der Waals surface area (Å²) in [4.78, 5) is 17.7. The van der Waals surface area contributed by atoms with E-state index < -0.39 is 0 Å². The molecule has 0 radical (unpaired) electrons. The largest absolute Gasteiger partial charge is 0.339 e. The van der Waals surface area contributed by atoms with Gasteiger partial charge in [0.05, 0.1) is 6.42 Å². The molecule has 0 aliphatic carbocycles. The highest BCUT2D eigenvalue weighted by molar-refractivity contribution is 5.77. The molecular weight excluding hydrogens is 218 g/mol. The molecule has 1 aliphatic heterocycles. The Bertz CT molecular complexity index is 381. The smallest absolute Gasteiger partial charge is 0.234 e. The molecule has 0 bridgehead atoms. The van der Waals surface area contributed by atoms with Gasteiger partial charge in [-0.3, -0.25) is 4.79 Å². The highest BCUT2D eigenvalue weighted by Crippen LogP contribution is 2.25. The third-order valence-corrected chi connectivity index (χ3v) is 3.28. The van der Waals surface area contributed by atoms with Crippen molar-refractivity contribution in [2.75, 3.05) is 19.6 Å². The molecule has 0 atom stereocenters. The molecule has 1 aromatic rings. The van der Waals surface area contributed by atoms with Crippen LogP contribution in [-0.2, 0) is 11.2 Å². The van der Waals surface area contributed by atoms with Crippen LogP contribution in [0.4, 0.5) is 0 Å². The highest BCUT2D eigenvalue weighted by Gasteiger charge is 2.23. The van der Waals surface area contributed by atoms with Crippen molar-refractivity contribution in [1.29, 1.82) is 0 Å². The summed E-state index contributed by atoms with van der Waals surface area (Å²) in [5.41, 5.74) is 0. The fourth-order valence-electron chi connectivity index (χ4n) is 2.23. The molecule has 17 heavy (non-hydrogen) atoms. The number of aromatic nitrogens is 2. The fourth-order valence-corrected chi connectivity index (χ4v) is 2.23. The maximum atomic E-state index is 10.9. The van der Waals surface area contributed by atoms with Crippen molar-refractivity contribution < 1.29 is 9.32 Å². The second-order valence-electron chi connectivity index (χ2n) is 4.63. The average Bonchev–Trinajstić information content (AvgIpc) is 2.77. The Morgan fingerprint density at radius 1 is 1.47 bits per heavy atom. The first-order chi connectivity index (χ1) is 8.19. The van der Waals surface area contributed by atoms with Gasteiger partial charge in [0, 0.05) is 5.92 Å². The Morgan fingerprint density at radius 3 is 2.76 bits per heavy atom. The van der Waals surface area contributed by atoms with E-state index in [1.165, 1.54) is 6.92 Å². The standard InChI is InChI=1S/C12H19N3O2/c1-3-15-6-4-10(5-7-15)12-13-11(17-14-12)8-9(2)16/h10H,3-8H2,1-2H3. The Hall–Kier alpha value is -1.23. The molecule has 1 saturated heterocycles. The molecule has 2 heterocycles. The van der Waals surface area contributed by atoms with E-state index >= 15 is 0 Å². The molecule has 1 fully saturated rings. The molecule has 5 heteroatoms. The minimum Gasteiger partial charge on any atom is -0.339 e. The summed E-state index contributed by atoms with van der Waals surface area (Å²) >= 11 is 0. The molecule has 0 amide bonds. The lowest BCUT2D eigenvalue weighted by molar-refractivity contribution is -0.116. The number of carbonyl (C=O) groups excluding carboxylic acids is 1. The summed E-state index contributed by atoms with van der Waals surface area (Å²) in [5.74, 6) is 1.67. The van der Waals surface area contributed by atoms with Crippen LogP contribution in [0.2, 0.25) is 0 Å². The van der Waals surface area contributed by atoms with Gasteiger partial charge in [-0.2, -0.15) is 4.98 Å². The van der Waals surface area contributed by atoms with Gasteiger partial charge >= 0.3 is 0 Å². The summed E-state index contributed by atoms with van der Waals surface area (Å²) in [5, 5.41) is 3.99. The first kappa shape index (κ1) is 12.2. The van der Waals surface area contributed by atoms with Crippen LogP contribution in [0.5, 0.6) is 0 Å². The lowest BCUT2D eigenvalue weighted by Crippen LogP contribution is -2.32. The Morgan fingerprint density at radius 2 is 2.18 bits per heavy atom. The van der Waals surface area contributed by atoms with Gasteiger partial charge in [-0.25, -0.2) is 0 Å². The summed E-state index contributed by atoms with van der Waals surface area (Å²) < 4.78 is 5.09. The van der Waals surface area contributed by atoms with Crippen molar-refractivity contribution in [2.45, 2.75) is 39.0 Å². The van der Waals surface area contributed by atoms with Crippen molar-refractivity contribution in [2.24, 2.45) is 0 Å². The number of carbonyl (C=O) groups is 1. The van der Waals surface area contributed by atoms with Gasteiger partial charge in [-0.05, 0) is 39.4 Å². The monoisotopic (exact) mass is 237 g/mol. The highest BCUT2D eigenvalue weighted by atomic mass is 16.5. The van der Waals surface area contributed by atoms with Crippen LogP contribution in [0.1, 0.15) is 44.3 Å². The minimum atomic E-state index is 0.0565. The van der Waals surface area contributed by atoms with Gasteiger partial charge in [-0.1, -0.05) is 12.1 Å². The van der Waals surface area contributed by atoms with Crippen LogP contribution < -0.4 is 0 Å². The van der Waals surface area contributed by atoms with E-state index in [4.69, 9.17) is 4.52 Å². The van der Waals surface area contributed by atoms with Gasteiger partial charge in [-0.15, -0.1) is 0 Å². The van der Waals surface area contributed by atoms with Gasteiger partial charge in [0.1, 0.15) is 5.78 Å². The van der Waals surface area contributed by atoms with E-state index in [0.29, 0.717) is 11.8 Å². The zero-order valence-electron chi connectivity index (χ0n) is 10.5. The number of nitrogens with zero attached hydrogens (tertiary/aromatic N) is 3. The van der Waals surface area contributed by atoms with Crippen LogP contribution in [0.25, 0.3) is 0 Å². The van der Waals surface area contributed by atoms with Crippen molar-refractivity contribution >= 4 is 5.78 Å². The molecule has 1 aliphatic rings. The van der Waals surface area contributed by atoms with Crippen molar-refractivity contribution in [3.05, 3.63) is 11.7 Å². The van der Waals surface area contributed by atoms with E-state index in [1.54, 1.807) is 0 Å². The lowest BCUT2D eigenvalue weighted by atomic mass is 9.96. The molecule has 94 valence electrons. The second kappa shape index (κ2) is 5.40. The zero-order valence-corrected chi connectivity index (χ0v) is 10.5. The molecule has 0 unspecified atom stereocenters. The SMILES string of the molecule is CCN1CCC(c2noc(CC(C)=O)n2)CC1. The second-order valence-corrected chi connectivity index (χ2v) is 4.63. The number of hydrogen-bond donors (Lipinski definition) is 0. The maximum absolute atomic E-state index is 10.9. The van der Waals surface area contributed by atoms with Gasteiger partial charge in [0.25, 0.3) is 0 Å². The summed E-state index contributed by atoms with van der Waals surface area (Å²) in [7, 11) is 0. The topological polar surface area (TPSA) is 59.2 Å². The molecule has 1 aromatic heterocycles. The predicted octanol–water partition coefficient (Wildman–Crippen LogP) is 1.40. The lowest BCUT2D eigenvalue weighted by Gasteiger charge is -2.29. The van der Waals surface area contributed by atoms with Crippen molar-refractivity contribution in [3.63, 3.8) is 0 Å². The van der Waals surface area contributed by atoms with Crippen LogP contribution in [-0.4, -0.2) is 40.5 Å². The normalized spacial score (nSPS) is 18.5. The Kier molecular flexibility index (Phi) is 3.89. The number of rotatable bonds is 4. The predicted molar refractivity (Wildman–Crippen MR) is 62.8 cm³/mol. The maximum Gasteiger partial charge on any atom is 0.234 e. The van der Waals surface area contributed by atoms with Crippen LogP contribution in [0.15, 0.2) is 4.52 Å². The van der Waals surface area contributed by atoms with Crippen molar-refractivity contribution in [1.82, 2.24) is 15.0 Å². The first-order valence-electron chi connectivity index (χ1n) is 6.23. The average molecular weight is 237 g/mol. The third-order valence-electron chi connectivity index (χ3n) is 3.28. The number of likely N-dealkylation sites (tertiary alicyclic amines) is 1. The molecule has 2 rings (SSSR count). The summed E-state index contributed by atoms with van der Waals surface area (Å²) in [6.07, 6.45) is 2.40. The van der Waals surface area contributed by atoms with Crippen LogP contribution >= 0.6 is 0 Å². The number of ketones is 1. The molecule has 5 nitrogen and oxygen atoms in total. The van der Waals surface area contributed by atoms with Gasteiger partial charge < -0.3 is 9.42 Å². The van der Waals surface area contributed by atoms with Gasteiger partial charge in [0.15, 0.2) is 5.82 Å². The van der Waals surface area contributed by atoms with Gasteiger partial charge in [0.2, 0.25) is 5.89 Å².